The average molecular weight is 270 g/mol. The number of hydrogen-bond donors (Lipinski definition) is 0. The summed E-state index contributed by atoms with van der Waals surface area (Å²) in [5.74, 6) is -0.333. The lowest BCUT2D eigenvalue weighted by Crippen LogP contribution is -2.22. The molecule has 2 heterocycles. The van der Waals surface area contributed by atoms with Crippen molar-refractivity contribution in [3.05, 3.63) is 10.6 Å². The van der Waals surface area contributed by atoms with Gasteiger partial charge in [0, 0.05) is 25.1 Å². The van der Waals surface area contributed by atoms with E-state index in [0.717, 1.165) is 29.5 Å². The Bertz CT molecular complexity index is 433. The fraction of sp³-hybridized carbons (Fsp3) is 0.667. The fourth-order valence-corrected chi connectivity index (χ4v) is 2.93. The van der Waals surface area contributed by atoms with E-state index in [-0.39, 0.29) is 12.1 Å². The van der Waals surface area contributed by atoms with Crippen LogP contribution in [-0.4, -0.2) is 43.9 Å². The minimum atomic E-state index is -0.333. The van der Waals surface area contributed by atoms with Crippen LogP contribution in [0.1, 0.15) is 28.7 Å². The number of rotatable bonds is 4. The van der Waals surface area contributed by atoms with Gasteiger partial charge >= 0.3 is 5.97 Å². The smallest absolute Gasteiger partial charge is 0.358 e. The van der Waals surface area contributed by atoms with E-state index in [4.69, 9.17) is 9.47 Å². The molecular weight excluding hydrogens is 252 g/mol. The Labute approximate surface area is 111 Å². The number of hydrogen-bond acceptors (Lipinski definition) is 6. The van der Waals surface area contributed by atoms with Crippen LogP contribution in [0.4, 0.5) is 5.13 Å². The second-order valence-electron chi connectivity index (χ2n) is 4.21. The number of thiazole rings is 1. The largest absolute Gasteiger partial charge is 0.461 e. The molecule has 0 radical (unpaired) electrons. The van der Waals surface area contributed by atoms with Gasteiger partial charge in [-0.15, -0.1) is 11.3 Å². The van der Waals surface area contributed by atoms with Crippen LogP contribution in [0.3, 0.4) is 0 Å². The number of esters is 1. The number of aromatic nitrogens is 1. The molecule has 0 N–H and O–H groups in total. The molecule has 1 aromatic heterocycles. The highest BCUT2D eigenvalue weighted by atomic mass is 32.1. The predicted octanol–water partition coefficient (Wildman–Crippen LogP) is 1.85. The Morgan fingerprint density at radius 3 is 3.00 bits per heavy atom. The van der Waals surface area contributed by atoms with Gasteiger partial charge in [0.05, 0.1) is 12.7 Å². The average Bonchev–Trinajstić information content (AvgIpc) is 2.95. The highest BCUT2D eigenvalue weighted by Gasteiger charge is 2.26. The third-order valence-corrected chi connectivity index (χ3v) is 4.03. The van der Waals surface area contributed by atoms with E-state index in [1.165, 1.54) is 11.3 Å². The Hall–Kier alpha value is -1.14. The first-order valence-corrected chi connectivity index (χ1v) is 6.89. The van der Waals surface area contributed by atoms with Crippen molar-refractivity contribution in [2.24, 2.45) is 0 Å². The first kappa shape index (κ1) is 13.3. The lowest BCUT2D eigenvalue weighted by molar-refractivity contribution is 0.0519. The number of aryl methyl sites for hydroxylation is 1. The number of anilines is 1. The molecular formula is C12H18N2O3S. The van der Waals surface area contributed by atoms with Crippen molar-refractivity contribution in [2.75, 3.05) is 31.7 Å². The minimum absolute atomic E-state index is 0.264. The van der Waals surface area contributed by atoms with Crippen LogP contribution in [-0.2, 0) is 9.47 Å². The minimum Gasteiger partial charge on any atom is -0.461 e. The summed E-state index contributed by atoms with van der Waals surface area (Å²) in [6.45, 7) is 5.83. The normalized spacial score (nSPS) is 19.3. The summed E-state index contributed by atoms with van der Waals surface area (Å²) >= 11 is 1.54. The SMILES string of the molecule is CCOC(=O)c1nc(N2CCC(OC)C2)sc1C. The monoisotopic (exact) mass is 270 g/mol. The molecule has 0 spiro atoms. The van der Waals surface area contributed by atoms with Crippen LogP contribution in [0.5, 0.6) is 0 Å². The van der Waals surface area contributed by atoms with E-state index in [0.29, 0.717) is 12.3 Å². The molecule has 100 valence electrons. The quantitative estimate of drug-likeness (QED) is 0.782. The van der Waals surface area contributed by atoms with E-state index in [1.54, 1.807) is 14.0 Å². The Kier molecular flexibility index (Phi) is 4.19. The zero-order chi connectivity index (χ0) is 13.1. The van der Waals surface area contributed by atoms with Gasteiger partial charge in [-0.2, -0.15) is 0 Å². The molecule has 0 saturated carbocycles. The molecule has 1 aromatic rings. The Morgan fingerprint density at radius 1 is 1.61 bits per heavy atom. The van der Waals surface area contributed by atoms with Crippen LogP contribution in [0.2, 0.25) is 0 Å². The molecule has 1 aliphatic rings. The van der Waals surface area contributed by atoms with Crippen LogP contribution in [0.15, 0.2) is 0 Å². The maximum absolute atomic E-state index is 11.7. The van der Waals surface area contributed by atoms with Crippen molar-refractivity contribution in [3.63, 3.8) is 0 Å². The third-order valence-electron chi connectivity index (χ3n) is 3.00. The van der Waals surface area contributed by atoms with Gasteiger partial charge in [0.1, 0.15) is 0 Å². The molecule has 0 aromatic carbocycles. The highest BCUT2D eigenvalue weighted by Crippen LogP contribution is 2.29. The van der Waals surface area contributed by atoms with Gasteiger partial charge in [-0.3, -0.25) is 0 Å². The lowest BCUT2D eigenvalue weighted by atomic mass is 10.3. The molecule has 1 unspecified atom stereocenters. The van der Waals surface area contributed by atoms with Crippen molar-refractivity contribution in [3.8, 4) is 0 Å². The summed E-state index contributed by atoms with van der Waals surface area (Å²) in [5, 5.41) is 0.884. The van der Waals surface area contributed by atoms with Gasteiger partial charge in [0.2, 0.25) is 0 Å². The van der Waals surface area contributed by atoms with E-state index in [9.17, 15) is 4.79 Å². The van der Waals surface area contributed by atoms with Gasteiger partial charge in [-0.05, 0) is 20.3 Å². The van der Waals surface area contributed by atoms with E-state index < -0.39 is 0 Å². The molecule has 2 rings (SSSR count). The molecule has 1 atom stereocenters. The highest BCUT2D eigenvalue weighted by molar-refractivity contribution is 7.15. The molecule has 1 fully saturated rings. The zero-order valence-corrected chi connectivity index (χ0v) is 11.7. The van der Waals surface area contributed by atoms with Crippen LogP contribution in [0, 0.1) is 6.92 Å². The number of carbonyl (C=O) groups excluding carboxylic acids is 1. The second kappa shape index (κ2) is 5.67. The van der Waals surface area contributed by atoms with Crippen molar-refractivity contribution in [1.29, 1.82) is 0 Å². The van der Waals surface area contributed by atoms with Crippen LogP contribution >= 0.6 is 11.3 Å². The summed E-state index contributed by atoms with van der Waals surface area (Å²) in [5.41, 5.74) is 0.442. The molecule has 0 amide bonds. The molecule has 6 heteroatoms. The van der Waals surface area contributed by atoms with E-state index >= 15 is 0 Å². The molecule has 18 heavy (non-hydrogen) atoms. The van der Waals surface area contributed by atoms with Gasteiger partial charge in [0.15, 0.2) is 10.8 Å². The maximum Gasteiger partial charge on any atom is 0.358 e. The second-order valence-corrected chi connectivity index (χ2v) is 5.40. The van der Waals surface area contributed by atoms with Crippen molar-refractivity contribution in [1.82, 2.24) is 4.98 Å². The number of nitrogens with zero attached hydrogens (tertiary/aromatic N) is 2. The van der Waals surface area contributed by atoms with Crippen molar-refractivity contribution in [2.45, 2.75) is 26.4 Å². The first-order valence-electron chi connectivity index (χ1n) is 6.08. The zero-order valence-electron chi connectivity index (χ0n) is 10.9. The van der Waals surface area contributed by atoms with Gasteiger partial charge < -0.3 is 14.4 Å². The maximum atomic E-state index is 11.7. The summed E-state index contributed by atoms with van der Waals surface area (Å²) in [6, 6.07) is 0. The summed E-state index contributed by atoms with van der Waals surface area (Å²) in [4.78, 5) is 19.2. The predicted molar refractivity (Wildman–Crippen MR) is 70.4 cm³/mol. The number of methoxy groups -OCH3 is 1. The van der Waals surface area contributed by atoms with Crippen molar-refractivity contribution >= 4 is 22.4 Å². The van der Waals surface area contributed by atoms with Gasteiger partial charge in [-0.1, -0.05) is 0 Å². The van der Waals surface area contributed by atoms with Crippen LogP contribution < -0.4 is 4.90 Å². The standard InChI is InChI=1S/C12H18N2O3S/c1-4-17-11(15)10-8(2)18-12(13-10)14-6-5-9(7-14)16-3/h9H,4-7H2,1-3H3. The Balaban J connectivity index is 2.11. The molecule has 1 saturated heterocycles. The summed E-state index contributed by atoms with van der Waals surface area (Å²) < 4.78 is 10.3. The van der Waals surface area contributed by atoms with E-state index in [2.05, 4.69) is 9.88 Å². The fourth-order valence-electron chi connectivity index (χ4n) is 2.00. The van der Waals surface area contributed by atoms with E-state index in [1.807, 2.05) is 6.92 Å². The number of ether oxygens (including phenoxy) is 2. The molecule has 5 nitrogen and oxygen atoms in total. The topological polar surface area (TPSA) is 51.7 Å². The molecule has 0 aliphatic carbocycles. The summed E-state index contributed by atoms with van der Waals surface area (Å²) in [6.07, 6.45) is 1.27. The number of carbonyl (C=O) groups is 1. The molecule has 0 bridgehead atoms. The summed E-state index contributed by atoms with van der Waals surface area (Å²) in [7, 11) is 1.73. The third kappa shape index (κ3) is 2.64. The Morgan fingerprint density at radius 2 is 2.39 bits per heavy atom. The van der Waals surface area contributed by atoms with Crippen molar-refractivity contribution < 1.29 is 14.3 Å². The first-order chi connectivity index (χ1) is 8.65. The molecule has 1 aliphatic heterocycles. The van der Waals surface area contributed by atoms with Gasteiger partial charge in [0.25, 0.3) is 0 Å². The lowest BCUT2D eigenvalue weighted by Gasteiger charge is -2.13. The van der Waals surface area contributed by atoms with Gasteiger partial charge in [-0.25, -0.2) is 9.78 Å². The van der Waals surface area contributed by atoms with Crippen LogP contribution in [0.25, 0.3) is 0 Å².